The molecule has 1 N–H and O–H groups in total. The molecule has 1 aliphatic rings. The van der Waals surface area contributed by atoms with E-state index in [1.165, 1.54) is 14.2 Å². The summed E-state index contributed by atoms with van der Waals surface area (Å²) in [5.74, 6) is -3.18. The average molecular weight is 278 g/mol. The Bertz CT molecular complexity index is 480. The fraction of sp³-hybridized carbons (Fsp3) is 0.467. The van der Waals surface area contributed by atoms with E-state index in [0.29, 0.717) is 0 Å². The summed E-state index contributed by atoms with van der Waals surface area (Å²) in [6.07, 6.45) is -0.512. The van der Waals surface area contributed by atoms with Gasteiger partial charge in [-0.05, 0) is 11.5 Å². The predicted octanol–water partition coefficient (Wildman–Crippen LogP) is 1.68. The molecule has 1 fully saturated rings. The van der Waals surface area contributed by atoms with Crippen LogP contribution in [0.4, 0.5) is 0 Å². The van der Waals surface area contributed by atoms with Gasteiger partial charge in [0.15, 0.2) is 6.29 Å². The highest BCUT2D eigenvalue weighted by atomic mass is 16.7. The molecule has 0 radical (unpaired) electrons. The van der Waals surface area contributed by atoms with Crippen LogP contribution in [0.25, 0.3) is 0 Å². The minimum absolute atomic E-state index is 0.199. The molecule has 0 bridgehead atoms. The standard InChI is InChI=1S/C15H18O5/c1-19-15(20-2)12-10(9-6-4-3-5-7-9)8-11(16)13(12)14(17)18/h3-7,10,12-13,15H,8H2,1-2H3,(H,17,18). The van der Waals surface area contributed by atoms with E-state index in [-0.39, 0.29) is 18.1 Å². The molecule has 3 atom stereocenters. The van der Waals surface area contributed by atoms with Crippen molar-refractivity contribution in [1.29, 1.82) is 0 Å². The van der Waals surface area contributed by atoms with E-state index in [1.54, 1.807) is 0 Å². The Hall–Kier alpha value is -1.72. The van der Waals surface area contributed by atoms with Crippen molar-refractivity contribution in [3.05, 3.63) is 35.9 Å². The molecule has 3 unspecified atom stereocenters. The topological polar surface area (TPSA) is 72.8 Å². The van der Waals surface area contributed by atoms with Crippen LogP contribution in [0, 0.1) is 11.8 Å². The monoisotopic (exact) mass is 278 g/mol. The fourth-order valence-electron chi connectivity index (χ4n) is 3.03. The van der Waals surface area contributed by atoms with Crippen LogP contribution in [0.3, 0.4) is 0 Å². The van der Waals surface area contributed by atoms with E-state index in [4.69, 9.17) is 9.47 Å². The smallest absolute Gasteiger partial charge is 0.314 e. The summed E-state index contributed by atoms with van der Waals surface area (Å²) in [5, 5.41) is 9.33. The third kappa shape index (κ3) is 2.59. The van der Waals surface area contributed by atoms with Gasteiger partial charge in [0.2, 0.25) is 0 Å². The number of carbonyl (C=O) groups excluding carboxylic acids is 1. The first-order valence-electron chi connectivity index (χ1n) is 6.46. The highest BCUT2D eigenvalue weighted by Gasteiger charge is 2.51. The molecule has 0 spiro atoms. The number of hydrogen-bond acceptors (Lipinski definition) is 4. The number of Topliss-reactive ketones (excluding diaryl/α,β-unsaturated/α-hetero) is 1. The Balaban J connectivity index is 2.40. The molecule has 1 saturated carbocycles. The second-order valence-electron chi connectivity index (χ2n) is 4.92. The van der Waals surface area contributed by atoms with Gasteiger partial charge in [0.1, 0.15) is 11.7 Å². The molecule has 0 aliphatic heterocycles. The minimum Gasteiger partial charge on any atom is -0.481 e. The van der Waals surface area contributed by atoms with E-state index in [9.17, 15) is 14.7 Å². The van der Waals surface area contributed by atoms with Gasteiger partial charge in [0.05, 0.1) is 0 Å². The van der Waals surface area contributed by atoms with Crippen LogP contribution in [0.1, 0.15) is 17.9 Å². The predicted molar refractivity (Wildman–Crippen MR) is 71.2 cm³/mol. The van der Waals surface area contributed by atoms with Crippen molar-refractivity contribution in [2.75, 3.05) is 14.2 Å². The van der Waals surface area contributed by atoms with E-state index >= 15 is 0 Å². The van der Waals surface area contributed by atoms with Crippen LogP contribution in [-0.2, 0) is 19.1 Å². The molecule has 20 heavy (non-hydrogen) atoms. The summed E-state index contributed by atoms with van der Waals surface area (Å²) >= 11 is 0. The molecule has 0 heterocycles. The van der Waals surface area contributed by atoms with Crippen LogP contribution in [0.5, 0.6) is 0 Å². The zero-order chi connectivity index (χ0) is 14.7. The van der Waals surface area contributed by atoms with Gasteiger partial charge in [-0.25, -0.2) is 0 Å². The zero-order valence-corrected chi connectivity index (χ0v) is 11.5. The molecule has 1 aliphatic carbocycles. The summed E-state index contributed by atoms with van der Waals surface area (Å²) in [5.41, 5.74) is 0.939. The number of benzene rings is 1. The van der Waals surface area contributed by atoms with Crippen molar-refractivity contribution < 1.29 is 24.2 Å². The van der Waals surface area contributed by atoms with Crippen molar-refractivity contribution in [3.63, 3.8) is 0 Å². The number of carboxylic acids is 1. The summed E-state index contributed by atoms with van der Waals surface area (Å²) < 4.78 is 10.5. The lowest BCUT2D eigenvalue weighted by atomic mass is 9.84. The second-order valence-corrected chi connectivity index (χ2v) is 4.92. The number of carboxylic acid groups (broad SMARTS) is 1. The third-order valence-corrected chi connectivity index (χ3v) is 3.89. The lowest BCUT2D eigenvalue weighted by Gasteiger charge is -2.28. The highest BCUT2D eigenvalue weighted by Crippen LogP contribution is 2.44. The number of carbonyl (C=O) groups is 2. The molecule has 2 rings (SSSR count). The first-order valence-corrected chi connectivity index (χ1v) is 6.46. The van der Waals surface area contributed by atoms with Gasteiger partial charge in [-0.2, -0.15) is 0 Å². The van der Waals surface area contributed by atoms with Crippen molar-refractivity contribution in [3.8, 4) is 0 Å². The van der Waals surface area contributed by atoms with Crippen LogP contribution in [0.2, 0.25) is 0 Å². The Kier molecular flexibility index (Phi) is 4.52. The molecule has 1 aromatic rings. The van der Waals surface area contributed by atoms with E-state index in [2.05, 4.69) is 0 Å². The van der Waals surface area contributed by atoms with E-state index in [0.717, 1.165) is 5.56 Å². The van der Waals surface area contributed by atoms with Crippen molar-refractivity contribution in [2.24, 2.45) is 11.8 Å². The second kappa shape index (κ2) is 6.15. The third-order valence-electron chi connectivity index (χ3n) is 3.89. The maximum atomic E-state index is 12.1. The first kappa shape index (κ1) is 14.7. The maximum Gasteiger partial charge on any atom is 0.314 e. The molecule has 0 aromatic heterocycles. The van der Waals surface area contributed by atoms with Crippen molar-refractivity contribution >= 4 is 11.8 Å². The normalized spacial score (nSPS) is 26.1. The first-order chi connectivity index (χ1) is 9.60. The van der Waals surface area contributed by atoms with Gasteiger partial charge in [0, 0.05) is 26.6 Å². The number of methoxy groups -OCH3 is 2. The molecule has 0 saturated heterocycles. The molecule has 0 amide bonds. The minimum atomic E-state index is -1.11. The highest BCUT2D eigenvalue weighted by molar-refractivity contribution is 6.01. The van der Waals surface area contributed by atoms with Crippen LogP contribution < -0.4 is 0 Å². The van der Waals surface area contributed by atoms with Crippen molar-refractivity contribution in [1.82, 2.24) is 0 Å². The number of ketones is 1. The van der Waals surface area contributed by atoms with E-state index in [1.807, 2.05) is 30.3 Å². The molecular formula is C15H18O5. The Morgan fingerprint density at radius 2 is 1.85 bits per heavy atom. The number of ether oxygens (including phenoxy) is 2. The lowest BCUT2D eigenvalue weighted by molar-refractivity contribution is -0.167. The number of hydrogen-bond donors (Lipinski definition) is 1. The average Bonchev–Trinajstić information content (AvgIpc) is 2.79. The Morgan fingerprint density at radius 3 is 2.35 bits per heavy atom. The molecule has 5 nitrogen and oxygen atoms in total. The van der Waals surface area contributed by atoms with Crippen LogP contribution >= 0.6 is 0 Å². The molecule has 108 valence electrons. The summed E-state index contributed by atoms with van der Waals surface area (Å²) in [4.78, 5) is 23.5. The quantitative estimate of drug-likeness (QED) is 0.655. The Labute approximate surface area is 117 Å². The SMILES string of the molecule is COC(OC)C1C(C(=O)O)C(=O)CC1c1ccccc1. The number of rotatable bonds is 5. The fourth-order valence-corrected chi connectivity index (χ4v) is 3.03. The molecule has 1 aromatic carbocycles. The van der Waals surface area contributed by atoms with Crippen LogP contribution in [-0.4, -0.2) is 37.4 Å². The van der Waals surface area contributed by atoms with Gasteiger partial charge in [0.25, 0.3) is 0 Å². The van der Waals surface area contributed by atoms with Crippen LogP contribution in [0.15, 0.2) is 30.3 Å². The van der Waals surface area contributed by atoms with Gasteiger partial charge >= 0.3 is 5.97 Å². The van der Waals surface area contributed by atoms with Crippen molar-refractivity contribution in [2.45, 2.75) is 18.6 Å². The lowest BCUT2D eigenvalue weighted by Crippen LogP contribution is -2.36. The van der Waals surface area contributed by atoms with Gasteiger partial charge in [-0.15, -0.1) is 0 Å². The van der Waals surface area contributed by atoms with Gasteiger partial charge < -0.3 is 14.6 Å². The summed E-state index contributed by atoms with van der Waals surface area (Å²) in [6.45, 7) is 0. The number of aliphatic carboxylic acids is 1. The zero-order valence-electron chi connectivity index (χ0n) is 11.5. The van der Waals surface area contributed by atoms with Gasteiger partial charge in [-0.3, -0.25) is 9.59 Å². The summed E-state index contributed by atoms with van der Waals surface area (Å²) in [7, 11) is 2.91. The van der Waals surface area contributed by atoms with E-state index < -0.39 is 24.1 Å². The Morgan fingerprint density at radius 1 is 1.25 bits per heavy atom. The largest absolute Gasteiger partial charge is 0.481 e. The summed E-state index contributed by atoms with van der Waals surface area (Å²) in [6, 6.07) is 9.43. The molecular weight excluding hydrogens is 260 g/mol. The van der Waals surface area contributed by atoms with Gasteiger partial charge in [-0.1, -0.05) is 30.3 Å². The molecule has 5 heteroatoms. The maximum absolute atomic E-state index is 12.1.